The van der Waals surface area contributed by atoms with E-state index in [2.05, 4.69) is 45.1 Å². The Kier molecular flexibility index (Phi) is 6.94. The first-order valence-corrected chi connectivity index (χ1v) is 13.7. The van der Waals surface area contributed by atoms with Gasteiger partial charge in [-0.05, 0) is 80.0 Å². The molecule has 3 heterocycles. The number of benzene rings is 2. The second-order valence-electron chi connectivity index (χ2n) is 10.6. The molecule has 1 atom stereocenters. The highest BCUT2D eigenvalue weighted by Gasteiger charge is 2.40. The lowest BCUT2D eigenvalue weighted by Crippen LogP contribution is -2.40. The Hall–Kier alpha value is -3.58. The van der Waals surface area contributed by atoms with Crippen LogP contribution in [0.4, 0.5) is 5.69 Å². The van der Waals surface area contributed by atoms with Crippen molar-refractivity contribution in [2.45, 2.75) is 38.6 Å². The van der Waals surface area contributed by atoms with E-state index in [0.29, 0.717) is 5.92 Å². The number of anilines is 1. The predicted octanol–water partition coefficient (Wildman–Crippen LogP) is 5.18. The molecular weight excluding hydrogens is 476 g/mol. The third kappa shape index (κ3) is 5.07. The number of rotatable bonds is 7. The van der Waals surface area contributed by atoms with Gasteiger partial charge in [0, 0.05) is 37.1 Å². The number of nitrogens with zero attached hydrogens (tertiary/aromatic N) is 4. The zero-order chi connectivity index (χ0) is 26.1. The van der Waals surface area contributed by atoms with Crippen molar-refractivity contribution >= 4 is 17.7 Å². The lowest BCUT2D eigenvalue weighted by atomic mass is 9.94. The van der Waals surface area contributed by atoms with Gasteiger partial charge < -0.3 is 23.8 Å². The minimum atomic E-state index is 0.145. The van der Waals surface area contributed by atoms with Crippen molar-refractivity contribution in [1.82, 2.24) is 14.5 Å². The van der Waals surface area contributed by atoms with Crippen LogP contribution >= 0.6 is 0 Å². The molecule has 6 rings (SSSR count). The molecule has 7 heteroatoms. The van der Waals surface area contributed by atoms with Crippen molar-refractivity contribution in [3.63, 3.8) is 0 Å². The number of hydrogen-bond donors (Lipinski definition) is 0. The molecule has 3 fully saturated rings. The number of aryl methyl sites for hydroxylation is 1. The van der Waals surface area contributed by atoms with E-state index < -0.39 is 0 Å². The molecule has 2 aliphatic heterocycles. The molecule has 3 aromatic rings. The average Bonchev–Trinajstić information content (AvgIpc) is 3.70. The van der Waals surface area contributed by atoms with Crippen molar-refractivity contribution in [3.8, 4) is 11.4 Å². The topological polar surface area (TPSA) is 59.8 Å². The normalized spacial score (nSPS) is 20.2. The molecule has 1 aliphatic carbocycles. The van der Waals surface area contributed by atoms with Crippen molar-refractivity contribution in [2.24, 2.45) is 5.92 Å². The van der Waals surface area contributed by atoms with Crippen LogP contribution in [0.3, 0.4) is 0 Å². The SMILES string of the molecule is COc1cc(/C=C2\CCCN(C(c3ccc(N4CCOCC4)cc3)C3CC3)C2=O)ccc1-n1cnc(C)c1. The molecule has 7 nitrogen and oxygen atoms in total. The molecule has 198 valence electrons. The van der Waals surface area contributed by atoms with Crippen LogP contribution in [0.25, 0.3) is 11.8 Å². The van der Waals surface area contributed by atoms with Crippen LogP contribution < -0.4 is 9.64 Å². The van der Waals surface area contributed by atoms with Gasteiger partial charge in [-0.3, -0.25) is 4.79 Å². The first-order valence-electron chi connectivity index (χ1n) is 13.7. The number of piperidine rings is 1. The molecule has 1 saturated carbocycles. The van der Waals surface area contributed by atoms with Crippen LogP contribution in [-0.4, -0.2) is 60.3 Å². The Labute approximate surface area is 224 Å². The molecule has 2 saturated heterocycles. The van der Waals surface area contributed by atoms with E-state index >= 15 is 0 Å². The molecule has 38 heavy (non-hydrogen) atoms. The van der Waals surface area contributed by atoms with Gasteiger partial charge in [0.05, 0.1) is 44.1 Å². The molecule has 0 radical (unpaired) electrons. The van der Waals surface area contributed by atoms with Crippen LogP contribution in [0.5, 0.6) is 5.75 Å². The molecule has 1 aromatic heterocycles. The van der Waals surface area contributed by atoms with Crippen molar-refractivity contribution in [3.05, 3.63) is 77.4 Å². The highest BCUT2D eigenvalue weighted by atomic mass is 16.5. The molecule has 0 spiro atoms. The molecule has 2 aromatic carbocycles. The number of ether oxygens (including phenoxy) is 2. The summed E-state index contributed by atoms with van der Waals surface area (Å²) < 4.78 is 13.2. The van der Waals surface area contributed by atoms with E-state index in [1.807, 2.05) is 35.9 Å². The number of carbonyl (C=O) groups is 1. The quantitative estimate of drug-likeness (QED) is 0.408. The van der Waals surface area contributed by atoms with Gasteiger partial charge >= 0.3 is 0 Å². The summed E-state index contributed by atoms with van der Waals surface area (Å²) in [6.07, 6.45) is 9.97. The second kappa shape index (κ2) is 10.7. The maximum Gasteiger partial charge on any atom is 0.250 e. The fourth-order valence-corrected chi connectivity index (χ4v) is 5.81. The summed E-state index contributed by atoms with van der Waals surface area (Å²) in [7, 11) is 1.68. The summed E-state index contributed by atoms with van der Waals surface area (Å²) in [5.41, 5.74) is 6.22. The minimum absolute atomic E-state index is 0.145. The number of aromatic nitrogens is 2. The zero-order valence-electron chi connectivity index (χ0n) is 22.3. The summed E-state index contributed by atoms with van der Waals surface area (Å²) in [6.45, 7) is 6.19. The highest BCUT2D eigenvalue weighted by Crippen LogP contribution is 2.46. The van der Waals surface area contributed by atoms with Gasteiger partial charge in [-0.15, -0.1) is 0 Å². The second-order valence-corrected chi connectivity index (χ2v) is 10.6. The van der Waals surface area contributed by atoms with E-state index in [0.717, 1.165) is 74.0 Å². The predicted molar refractivity (Wildman–Crippen MR) is 149 cm³/mol. The largest absolute Gasteiger partial charge is 0.495 e. The summed E-state index contributed by atoms with van der Waals surface area (Å²) in [5, 5.41) is 0. The fourth-order valence-electron chi connectivity index (χ4n) is 5.81. The van der Waals surface area contributed by atoms with E-state index in [1.165, 1.54) is 24.1 Å². The van der Waals surface area contributed by atoms with E-state index in [4.69, 9.17) is 9.47 Å². The number of imidazole rings is 1. The monoisotopic (exact) mass is 512 g/mol. The third-order valence-electron chi connectivity index (χ3n) is 7.93. The van der Waals surface area contributed by atoms with Crippen LogP contribution in [0, 0.1) is 12.8 Å². The van der Waals surface area contributed by atoms with Gasteiger partial charge in [-0.25, -0.2) is 4.98 Å². The van der Waals surface area contributed by atoms with Gasteiger partial charge in [0.25, 0.3) is 0 Å². The Morgan fingerprint density at radius 1 is 1.08 bits per heavy atom. The lowest BCUT2D eigenvalue weighted by Gasteiger charge is -2.37. The number of amides is 1. The maximum atomic E-state index is 13.8. The Balaban J connectivity index is 1.23. The number of methoxy groups -OCH3 is 1. The Bertz CT molecular complexity index is 1320. The van der Waals surface area contributed by atoms with Gasteiger partial charge in [0.2, 0.25) is 5.91 Å². The van der Waals surface area contributed by atoms with Crippen molar-refractivity contribution in [1.29, 1.82) is 0 Å². The van der Waals surface area contributed by atoms with Crippen molar-refractivity contribution < 1.29 is 14.3 Å². The van der Waals surface area contributed by atoms with Crippen molar-refractivity contribution in [2.75, 3.05) is 44.9 Å². The third-order valence-corrected chi connectivity index (χ3v) is 7.93. The van der Waals surface area contributed by atoms with Crippen LogP contribution in [0.2, 0.25) is 0 Å². The van der Waals surface area contributed by atoms with Gasteiger partial charge in [0.1, 0.15) is 5.75 Å². The molecular formula is C31H36N4O3. The molecule has 1 amide bonds. The summed E-state index contributed by atoms with van der Waals surface area (Å²) >= 11 is 0. The first-order chi connectivity index (χ1) is 18.6. The summed E-state index contributed by atoms with van der Waals surface area (Å²) in [6, 6.07) is 15.1. The van der Waals surface area contributed by atoms with Gasteiger partial charge in [-0.2, -0.15) is 0 Å². The average molecular weight is 513 g/mol. The lowest BCUT2D eigenvalue weighted by molar-refractivity contribution is -0.131. The maximum absolute atomic E-state index is 13.8. The Morgan fingerprint density at radius 2 is 1.87 bits per heavy atom. The standard InChI is InChI=1S/C31H36N4O3/c1-22-20-34(21-32-22)28-12-5-23(19-29(28)37-2)18-26-4-3-13-35(31(26)36)30(24-6-7-24)25-8-10-27(11-9-25)33-14-16-38-17-15-33/h5,8-12,18-21,24,30H,3-4,6-7,13-17H2,1-2H3/b26-18+. The molecule has 1 unspecified atom stereocenters. The van der Waals surface area contributed by atoms with E-state index in [-0.39, 0.29) is 11.9 Å². The van der Waals surface area contributed by atoms with Gasteiger partial charge in [-0.1, -0.05) is 18.2 Å². The minimum Gasteiger partial charge on any atom is -0.495 e. The van der Waals surface area contributed by atoms with Crippen LogP contribution in [0.1, 0.15) is 48.5 Å². The summed E-state index contributed by atoms with van der Waals surface area (Å²) in [5.74, 6) is 1.47. The highest BCUT2D eigenvalue weighted by molar-refractivity contribution is 5.99. The van der Waals surface area contributed by atoms with E-state index in [1.54, 1.807) is 13.4 Å². The smallest absolute Gasteiger partial charge is 0.250 e. The van der Waals surface area contributed by atoms with Crippen LogP contribution in [-0.2, 0) is 9.53 Å². The van der Waals surface area contributed by atoms with Gasteiger partial charge in [0.15, 0.2) is 0 Å². The number of morpholine rings is 1. The number of carbonyl (C=O) groups excluding carboxylic acids is 1. The number of hydrogen-bond acceptors (Lipinski definition) is 5. The molecule has 0 N–H and O–H groups in total. The molecule has 3 aliphatic rings. The Morgan fingerprint density at radius 3 is 2.55 bits per heavy atom. The zero-order valence-corrected chi connectivity index (χ0v) is 22.3. The van der Waals surface area contributed by atoms with Crippen LogP contribution in [0.15, 0.2) is 60.6 Å². The van der Waals surface area contributed by atoms with E-state index in [9.17, 15) is 4.79 Å². The fraction of sp³-hybridized carbons (Fsp3) is 0.419. The number of likely N-dealkylation sites (tertiary alicyclic amines) is 1. The summed E-state index contributed by atoms with van der Waals surface area (Å²) in [4.78, 5) is 22.7. The molecule has 0 bridgehead atoms. The first kappa shape index (κ1) is 24.7.